The van der Waals surface area contributed by atoms with Gasteiger partial charge in [0.05, 0.1) is 6.04 Å². The van der Waals surface area contributed by atoms with E-state index in [0.717, 1.165) is 34.4 Å². The highest BCUT2D eigenvalue weighted by Crippen LogP contribution is 2.31. The second kappa shape index (κ2) is 14.7. The summed E-state index contributed by atoms with van der Waals surface area (Å²) >= 11 is 1.60. The van der Waals surface area contributed by atoms with Gasteiger partial charge >= 0.3 is 12.1 Å². The van der Waals surface area contributed by atoms with Crippen LogP contribution in [0.1, 0.15) is 42.4 Å². The van der Waals surface area contributed by atoms with E-state index in [1.54, 1.807) is 11.8 Å². The molecule has 1 saturated carbocycles. The smallest absolute Gasteiger partial charge is 0.407 e. The van der Waals surface area contributed by atoms with Gasteiger partial charge in [-0.2, -0.15) is 0 Å². The number of esters is 1. The van der Waals surface area contributed by atoms with E-state index in [0.29, 0.717) is 12.8 Å². The molecular weight excluding hydrogens is 540 g/mol. The normalized spacial score (nSPS) is 15.4. The van der Waals surface area contributed by atoms with Gasteiger partial charge in [0.1, 0.15) is 18.8 Å². The van der Waals surface area contributed by atoms with Crippen LogP contribution >= 0.6 is 11.8 Å². The zero-order chi connectivity index (χ0) is 29.1. The third kappa shape index (κ3) is 8.58. The Morgan fingerprint density at radius 3 is 1.95 bits per heavy atom. The predicted octanol–water partition coefficient (Wildman–Crippen LogP) is 4.78. The lowest BCUT2D eigenvalue weighted by Crippen LogP contribution is -2.59. The molecule has 9 heteroatoms. The third-order valence-electron chi connectivity index (χ3n) is 7.20. The van der Waals surface area contributed by atoms with Gasteiger partial charge in [0.2, 0.25) is 0 Å². The molecule has 4 rings (SSSR count). The van der Waals surface area contributed by atoms with E-state index in [1.165, 1.54) is 0 Å². The molecule has 0 heterocycles. The molecule has 3 N–H and O–H groups in total. The molecule has 2 amide bonds. The first-order valence-corrected chi connectivity index (χ1v) is 14.9. The Kier molecular flexibility index (Phi) is 10.8. The van der Waals surface area contributed by atoms with Gasteiger partial charge in [-0.05, 0) is 54.3 Å². The Morgan fingerprint density at radius 1 is 0.829 bits per heavy atom. The summed E-state index contributed by atoms with van der Waals surface area (Å²) < 4.78 is 10.9. The molecule has 0 unspecified atom stereocenters. The highest BCUT2D eigenvalue weighted by atomic mass is 32.2. The number of carbonyl (C=O) groups excluding carboxylic acids is 3. The third-order valence-corrected chi connectivity index (χ3v) is 7.95. The molecule has 41 heavy (non-hydrogen) atoms. The number of carbonyl (C=O) groups is 3. The highest BCUT2D eigenvalue weighted by Gasteiger charge is 2.45. The number of ether oxygens (including phenoxy) is 2. The number of hydrogen-bond acceptors (Lipinski definition) is 7. The summed E-state index contributed by atoms with van der Waals surface area (Å²) in [6, 6.07) is 25.2. The molecule has 0 bridgehead atoms. The average molecular weight is 577 g/mol. The van der Waals surface area contributed by atoms with E-state index in [4.69, 9.17) is 9.47 Å². The van der Waals surface area contributed by atoms with E-state index in [9.17, 15) is 19.5 Å². The Morgan fingerprint density at radius 2 is 1.39 bits per heavy atom. The van der Waals surface area contributed by atoms with Crippen molar-refractivity contribution in [2.24, 2.45) is 0 Å². The molecule has 0 aliphatic heterocycles. The van der Waals surface area contributed by atoms with Crippen LogP contribution in [0.4, 0.5) is 4.79 Å². The van der Waals surface area contributed by atoms with Crippen LogP contribution < -0.4 is 10.6 Å². The summed E-state index contributed by atoms with van der Waals surface area (Å²) in [6.45, 7) is 0.129. The van der Waals surface area contributed by atoms with Crippen LogP contribution in [0.25, 0.3) is 0 Å². The SMILES string of the molecule is CSc1ccc(C[C@@H](NC(=O)OCc2ccccc2)[C@H](O)C(=O)NC2(C(=O)OCc3ccccc3)CCCC2)cc1. The molecule has 3 aromatic rings. The molecule has 0 saturated heterocycles. The number of nitrogens with one attached hydrogen (secondary N) is 2. The van der Waals surface area contributed by atoms with Gasteiger partial charge in [0, 0.05) is 4.90 Å². The molecule has 0 aromatic heterocycles. The molecular formula is C32H36N2O6S. The molecule has 3 aromatic carbocycles. The van der Waals surface area contributed by atoms with E-state index >= 15 is 0 Å². The molecule has 1 aliphatic rings. The molecule has 8 nitrogen and oxygen atoms in total. The highest BCUT2D eigenvalue weighted by molar-refractivity contribution is 7.98. The van der Waals surface area contributed by atoms with Crippen molar-refractivity contribution in [3.63, 3.8) is 0 Å². The quantitative estimate of drug-likeness (QED) is 0.210. The number of hydrogen-bond donors (Lipinski definition) is 3. The van der Waals surface area contributed by atoms with Crippen LogP contribution in [0.3, 0.4) is 0 Å². The zero-order valence-corrected chi connectivity index (χ0v) is 23.9. The summed E-state index contributed by atoms with van der Waals surface area (Å²) in [5, 5.41) is 16.6. The standard InChI is InChI=1S/C32H36N2O6S/c1-41-26-16-14-23(15-17-26)20-27(33-31(38)40-22-25-12-6-3-7-13-25)28(35)29(36)34-32(18-8-9-19-32)30(37)39-21-24-10-4-2-5-11-24/h2-7,10-17,27-28,35H,8-9,18-22H2,1H3,(H,33,38)(H,34,36)/t27-,28+/m1/s1. The molecule has 1 fully saturated rings. The molecule has 216 valence electrons. The van der Waals surface area contributed by atoms with E-state index in [2.05, 4.69) is 10.6 Å². The van der Waals surface area contributed by atoms with Crippen LogP contribution in [0, 0.1) is 0 Å². The van der Waals surface area contributed by atoms with Crippen LogP contribution in [-0.4, -0.2) is 47.0 Å². The van der Waals surface area contributed by atoms with Gasteiger partial charge in [-0.25, -0.2) is 9.59 Å². The van der Waals surface area contributed by atoms with Crippen molar-refractivity contribution in [3.05, 3.63) is 102 Å². The van der Waals surface area contributed by atoms with Gasteiger partial charge in [0.25, 0.3) is 5.91 Å². The van der Waals surface area contributed by atoms with Gasteiger partial charge in [0.15, 0.2) is 6.10 Å². The lowest BCUT2D eigenvalue weighted by atomic mass is 9.95. The van der Waals surface area contributed by atoms with E-state index in [-0.39, 0.29) is 19.6 Å². The fraction of sp³-hybridized carbons (Fsp3) is 0.344. The minimum Gasteiger partial charge on any atom is -0.459 e. The summed E-state index contributed by atoms with van der Waals surface area (Å²) in [5.41, 5.74) is 1.24. The first kappa shape index (κ1) is 30.1. The Balaban J connectivity index is 1.45. The predicted molar refractivity (Wildman–Crippen MR) is 157 cm³/mol. The van der Waals surface area contributed by atoms with Crippen molar-refractivity contribution in [2.45, 2.75) is 67.9 Å². The number of thioether (sulfide) groups is 1. The first-order valence-electron chi connectivity index (χ1n) is 13.7. The lowest BCUT2D eigenvalue weighted by molar-refractivity contribution is -0.156. The van der Waals surface area contributed by atoms with Gasteiger partial charge in [-0.3, -0.25) is 4.79 Å². The van der Waals surface area contributed by atoms with E-state index < -0.39 is 35.7 Å². The Hall–Kier alpha value is -3.82. The molecule has 0 radical (unpaired) electrons. The van der Waals surface area contributed by atoms with Gasteiger partial charge in [-0.1, -0.05) is 85.6 Å². The van der Waals surface area contributed by atoms with Crippen molar-refractivity contribution in [2.75, 3.05) is 6.26 Å². The van der Waals surface area contributed by atoms with E-state index in [1.807, 2.05) is 91.2 Å². The Bertz CT molecular complexity index is 1280. The number of alkyl carbamates (subject to hydrolysis) is 1. The van der Waals surface area contributed by atoms with Crippen molar-refractivity contribution in [3.8, 4) is 0 Å². The van der Waals surface area contributed by atoms with Crippen LogP contribution in [0.5, 0.6) is 0 Å². The molecule has 2 atom stereocenters. The van der Waals surface area contributed by atoms with Crippen LogP contribution in [0.15, 0.2) is 89.8 Å². The first-order chi connectivity index (χ1) is 19.9. The minimum absolute atomic E-state index is 0.0421. The maximum atomic E-state index is 13.4. The fourth-order valence-corrected chi connectivity index (χ4v) is 5.29. The number of aliphatic hydroxyl groups excluding tert-OH is 1. The minimum atomic E-state index is -1.64. The number of rotatable bonds is 12. The summed E-state index contributed by atoms with van der Waals surface area (Å²) in [4.78, 5) is 40.4. The molecule has 1 aliphatic carbocycles. The second-order valence-electron chi connectivity index (χ2n) is 10.1. The number of benzene rings is 3. The topological polar surface area (TPSA) is 114 Å². The zero-order valence-electron chi connectivity index (χ0n) is 23.1. The van der Waals surface area contributed by atoms with Crippen molar-refractivity contribution in [1.29, 1.82) is 0 Å². The largest absolute Gasteiger partial charge is 0.459 e. The van der Waals surface area contributed by atoms with Crippen molar-refractivity contribution < 1.29 is 29.0 Å². The van der Waals surface area contributed by atoms with Crippen molar-refractivity contribution in [1.82, 2.24) is 10.6 Å². The summed E-state index contributed by atoms with van der Waals surface area (Å²) in [5.74, 6) is -1.28. The Labute approximate surface area is 244 Å². The lowest BCUT2D eigenvalue weighted by Gasteiger charge is -2.31. The van der Waals surface area contributed by atoms with Crippen molar-refractivity contribution >= 4 is 29.7 Å². The van der Waals surface area contributed by atoms with Crippen LogP contribution in [-0.2, 0) is 38.7 Å². The average Bonchev–Trinajstić information content (AvgIpc) is 3.49. The van der Waals surface area contributed by atoms with Gasteiger partial charge in [-0.15, -0.1) is 11.8 Å². The maximum Gasteiger partial charge on any atom is 0.407 e. The van der Waals surface area contributed by atoms with Gasteiger partial charge < -0.3 is 25.2 Å². The second-order valence-corrected chi connectivity index (χ2v) is 11.0. The maximum absolute atomic E-state index is 13.4. The molecule has 0 spiro atoms. The van der Waals surface area contributed by atoms with Crippen LogP contribution in [0.2, 0.25) is 0 Å². The monoisotopic (exact) mass is 576 g/mol. The number of amides is 2. The summed E-state index contributed by atoms with van der Waals surface area (Å²) in [7, 11) is 0. The fourth-order valence-electron chi connectivity index (χ4n) is 4.89. The number of aliphatic hydroxyl groups is 1. The summed E-state index contributed by atoms with van der Waals surface area (Å²) in [6.07, 6.45) is 2.05.